The molecule has 1 atom stereocenters. The second-order valence-electron chi connectivity index (χ2n) is 4.15. The molecule has 0 fully saturated rings. The fourth-order valence-electron chi connectivity index (χ4n) is 1.65. The molecule has 1 aromatic carbocycles. The number of anilines is 1. The van der Waals surface area contributed by atoms with Crippen LogP contribution in [0.25, 0.3) is 0 Å². The first-order chi connectivity index (χ1) is 7.09. The van der Waals surface area contributed by atoms with Crippen molar-refractivity contribution in [1.82, 2.24) is 0 Å². The van der Waals surface area contributed by atoms with E-state index in [1.165, 1.54) is 12.1 Å². The van der Waals surface area contributed by atoms with E-state index in [1.54, 1.807) is 12.1 Å². The standard InChI is InChI=1S/C12H19FN2/c1-3-8-12(2,9-14)15-11-6-4-10(13)5-7-11/h4-7,15H,3,8-9,14H2,1-2H3. The van der Waals surface area contributed by atoms with E-state index in [-0.39, 0.29) is 11.4 Å². The summed E-state index contributed by atoms with van der Waals surface area (Å²) in [6.45, 7) is 4.78. The zero-order valence-electron chi connectivity index (χ0n) is 9.39. The van der Waals surface area contributed by atoms with Gasteiger partial charge in [0.05, 0.1) is 0 Å². The summed E-state index contributed by atoms with van der Waals surface area (Å²) in [5, 5.41) is 3.34. The summed E-state index contributed by atoms with van der Waals surface area (Å²) in [4.78, 5) is 0. The number of halogens is 1. The first kappa shape index (κ1) is 12.0. The first-order valence-electron chi connectivity index (χ1n) is 5.33. The van der Waals surface area contributed by atoms with Gasteiger partial charge in [-0.1, -0.05) is 13.3 Å². The summed E-state index contributed by atoms with van der Waals surface area (Å²) in [7, 11) is 0. The van der Waals surface area contributed by atoms with E-state index in [0.717, 1.165) is 18.5 Å². The van der Waals surface area contributed by atoms with E-state index < -0.39 is 0 Å². The third-order valence-corrected chi connectivity index (χ3v) is 2.54. The van der Waals surface area contributed by atoms with Gasteiger partial charge in [-0.3, -0.25) is 0 Å². The van der Waals surface area contributed by atoms with E-state index in [0.29, 0.717) is 6.54 Å². The summed E-state index contributed by atoms with van der Waals surface area (Å²) < 4.78 is 12.7. The van der Waals surface area contributed by atoms with E-state index in [9.17, 15) is 4.39 Å². The van der Waals surface area contributed by atoms with Gasteiger partial charge in [-0.05, 0) is 37.6 Å². The highest BCUT2D eigenvalue weighted by atomic mass is 19.1. The molecule has 84 valence electrons. The number of hydrogen-bond donors (Lipinski definition) is 2. The van der Waals surface area contributed by atoms with Gasteiger partial charge in [-0.25, -0.2) is 4.39 Å². The molecule has 0 amide bonds. The predicted molar refractivity (Wildman–Crippen MR) is 62.4 cm³/mol. The van der Waals surface area contributed by atoms with Gasteiger partial charge in [0.25, 0.3) is 0 Å². The van der Waals surface area contributed by atoms with Crippen LogP contribution in [0.4, 0.5) is 10.1 Å². The molecule has 1 unspecified atom stereocenters. The van der Waals surface area contributed by atoms with Crippen LogP contribution < -0.4 is 11.1 Å². The highest BCUT2D eigenvalue weighted by molar-refractivity contribution is 5.45. The van der Waals surface area contributed by atoms with Crippen molar-refractivity contribution < 1.29 is 4.39 Å². The monoisotopic (exact) mass is 210 g/mol. The molecule has 1 aromatic rings. The van der Waals surface area contributed by atoms with Crippen LogP contribution in [-0.2, 0) is 0 Å². The number of rotatable bonds is 5. The van der Waals surface area contributed by atoms with Crippen LogP contribution in [0.2, 0.25) is 0 Å². The summed E-state index contributed by atoms with van der Waals surface area (Å²) in [6, 6.07) is 6.37. The number of hydrogen-bond acceptors (Lipinski definition) is 2. The van der Waals surface area contributed by atoms with Crippen LogP contribution >= 0.6 is 0 Å². The van der Waals surface area contributed by atoms with Gasteiger partial charge in [0.2, 0.25) is 0 Å². The molecule has 0 aliphatic rings. The Kier molecular flexibility index (Phi) is 4.09. The Morgan fingerprint density at radius 1 is 1.33 bits per heavy atom. The molecule has 0 aliphatic carbocycles. The Labute approximate surface area is 90.7 Å². The average molecular weight is 210 g/mol. The summed E-state index contributed by atoms with van der Waals surface area (Å²) in [5.74, 6) is -0.217. The predicted octanol–water partition coefficient (Wildman–Crippen LogP) is 2.76. The SMILES string of the molecule is CCCC(C)(CN)Nc1ccc(F)cc1. The molecule has 0 saturated heterocycles. The van der Waals surface area contributed by atoms with Gasteiger partial charge in [-0.2, -0.15) is 0 Å². The minimum atomic E-state index is -0.217. The smallest absolute Gasteiger partial charge is 0.123 e. The van der Waals surface area contributed by atoms with E-state index in [4.69, 9.17) is 5.73 Å². The largest absolute Gasteiger partial charge is 0.379 e. The zero-order valence-corrected chi connectivity index (χ0v) is 9.39. The Morgan fingerprint density at radius 2 is 1.93 bits per heavy atom. The van der Waals surface area contributed by atoms with Gasteiger partial charge in [0.15, 0.2) is 0 Å². The Bertz CT molecular complexity index is 297. The highest BCUT2D eigenvalue weighted by Gasteiger charge is 2.20. The van der Waals surface area contributed by atoms with Crippen molar-refractivity contribution in [3.8, 4) is 0 Å². The number of benzene rings is 1. The lowest BCUT2D eigenvalue weighted by Gasteiger charge is -2.30. The van der Waals surface area contributed by atoms with Gasteiger partial charge in [0.1, 0.15) is 5.82 Å². The molecule has 3 heteroatoms. The molecule has 0 bridgehead atoms. The number of nitrogens with two attached hydrogens (primary N) is 1. The fraction of sp³-hybridized carbons (Fsp3) is 0.500. The van der Waals surface area contributed by atoms with Crippen LogP contribution in [-0.4, -0.2) is 12.1 Å². The molecule has 0 aliphatic heterocycles. The van der Waals surface area contributed by atoms with Crippen LogP contribution in [0, 0.1) is 5.82 Å². The van der Waals surface area contributed by atoms with Crippen molar-refractivity contribution in [2.45, 2.75) is 32.2 Å². The van der Waals surface area contributed by atoms with Crippen LogP contribution in [0.3, 0.4) is 0 Å². The lowest BCUT2D eigenvalue weighted by molar-refractivity contribution is 0.476. The third kappa shape index (κ3) is 3.51. The Morgan fingerprint density at radius 3 is 2.40 bits per heavy atom. The zero-order chi connectivity index (χ0) is 11.3. The van der Waals surface area contributed by atoms with Gasteiger partial charge < -0.3 is 11.1 Å². The van der Waals surface area contributed by atoms with Crippen molar-refractivity contribution >= 4 is 5.69 Å². The third-order valence-electron chi connectivity index (χ3n) is 2.54. The van der Waals surface area contributed by atoms with Gasteiger partial charge >= 0.3 is 0 Å². The molecule has 0 spiro atoms. The van der Waals surface area contributed by atoms with Crippen LogP contribution in [0.1, 0.15) is 26.7 Å². The second-order valence-corrected chi connectivity index (χ2v) is 4.15. The van der Waals surface area contributed by atoms with E-state index in [1.807, 2.05) is 0 Å². The molecule has 15 heavy (non-hydrogen) atoms. The minimum Gasteiger partial charge on any atom is -0.379 e. The minimum absolute atomic E-state index is 0.105. The molecular formula is C12H19FN2. The second kappa shape index (κ2) is 5.12. The summed E-state index contributed by atoms with van der Waals surface area (Å²) in [5.41, 5.74) is 6.54. The van der Waals surface area contributed by atoms with Crippen molar-refractivity contribution in [2.24, 2.45) is 5.73 Å². The average Bonchev–Trinajstić information content (AvgIpc) is 2.22. The number of nitrogens with one attached hydrogen (secondary N) is 1. The maximum atomic E-state index is 12.7. The maximum absolute atomic E-state index is 12.7. The lowest BCUT2D eigenvalue weighted by atomic mass is 9.96. The molecule has 3 N–H and O–H groups in total. The Balaban J connectivity index is 2.70. The van der Waals surface area contributed by atoms with Gasteiger partial charge in [-0.15, -0.1) is 0 Å². The quantitative estimate of drug-likeness (QED) is 0.784. The van der Waals surface area contributed by atoms with Crippen LogP contribution in [0.15, 0.2) is 24.3 Å². The summed E-state index contributed by atoms with van der Waals surface area (Å²) >= 11 is 0. The van der Waals surface area contributed by atoms with Crippen molar-refractivity contribution in [3.05, 3.63) is 30.1 Å². The highest BCUT2D eigenvalue weighted by Crippen LogP contribution is 2.19. The molecule has 0 radical (unpaired) electrons. The van der Waals surface area contributed by atoms with Crippen LogP contribution in [0.5, 0.6) is 0 Å². The Hall–Kier alpha value is -1.09. The van der Waals surface area contributed by atoms with E-state index >= 15 is 0 Å². The van der Waals surface area contributed by atoms with Crippen molar-refractivity contribution in [3.63, 3.8) is 0 Å². The van der Waals surface area contributed by atoms with E-state index in [2.05, 4.69) is 19.2 Å². The molecule has 0 saturated carbocycles. The molecule has 1 rings (SSSR count). The molecular weight excluding hydrogens is 191 g/mol. The van der Waals surface area contributed by atoms with Crippen molar-refractivity contribution in [1.29, 1.82) is 0 Å². The lowest BCUT2D eigenvalue weighted by Crippen LogP contribution is -2.42. The summed E-state index contributed by atoms with van der Waals surface area (Å²) in [6.07, 6.45) is 2.07. The topological polar surface area (TPSA) is 38.0 Å². The normalized spacial score (nSPS) is 14.7. The fourth-order valence-corrected chi connectivity index (χ4v) is 1.65. The first-order valence-corrected chi connectivity index (χ1v) is 5.33. The van der Waals surface area contributed by atoms with Crippen molar-refractivity contribution in [2.75, 3.05) is 11.9 Å². The maximum Gasteiger partial charge on any atom is 0.123 e. The molecule has 2 nitrogen and oxygen atoms in total. The van der Waals surface area contributed by atoms with Gasteiger partial charge in [0, 0.05) is 17.8 Å². The molecule has 0 heterocycles. The molecule has 0 aromatic heterocycles.